The topological polar surface area (TPSA) is 405 Å². The molecule has 2 heterocycles. The largest absolute Gasteiger partial charge is 0.370 e. The van der Waals surface area contributed by atoms with Crippen molar-refractivity contribution in [1.29, 1.82) is 0 Å². The zero-order valence-corrected chi connectivity index (χ0v) is 39.2. The van der Waals surface area contributed by atoms with Crippen LogP contribution in [-0.4, -0.2) is 149 Å². The van der Waals surface area contributed by atoms with Crippen LogP contribution < -0.4 is 65.9 Å². The fourth-order valence-corrected chi connectivity index (χ4v) is 9.10. The molecule has 0 bridgehead atoms. The average molecular weight is 958 g/mol. The van der Waals surface area contributed by atoms with Crippen LogP contribution in [0.15, 0.2) is 0 Å². The average Bonchev–Trinajstić information content (AvgIpc) is 3.72. The van der Waals surface area contributed by atoms with Crippen molar-refractivity contribution in [3.8, 4) is 0 Å². The predicted octanol–water partition coefficient (Wildman–Crippen LogP) is -4.82. The Morgan fingerprint density at radius 1 is 0.800 bits per heavy atom. The summed E-state index contributed by atoms with van der Waals surface area (Å²) in [6.45, 7) is 8.51. The molecule has 0 saturated carbocycles. The molecule has 0 aliphatic carbocycles. The van der Waals surface area contributed by atoms with Crippen molar-refractivity contribution in [3.05, 3.63) is 0 Å². The Hall–Kier alpha value is -5.21. The molecule has 2 fully saturated rings. The van der Waals surface area contributed by atoms with Gasteiger partial charge in [0.1, 0.15) is 42.3 Å². The Morgan fingerprint density at radius 2 is 1.40 bits per heavy atom. The van der Waals surface area contributed by atoms with Crippen molar-refractivity contribution in [1.82, 2.24) is 42.1 Å². The standard InChI is InChI=1S/C39H67N13O11S2/c1-6-19(2)30-37(62)47-21(9-10-27(42)53)33(58)48-23(14-28(43)54)34(59)50-25(18-65-64-17-20(41)31(56)49-24(35(60)51-30)15-39(3,4)5)38(63)52-13-7-8-26(52)36(61)46-22(11-12-40)32(57)45-16-29(44)55/h19-26,30H,6-18,40-41H2,1-5H3,(H2,42,53)(H2,43,54)(H2,44,55)(H,45,57)(H,46,61)(H,47,62)(H,48,58)(H,49,56)(H,50,59)(H,51,60)/t19-,20-,21-,22-,23-,24-,25-,26-,30-/m0/s1. The van der Waals surface area contributed by atoms with Crippen molar-refractivity contribution in [2.45, 2.75) is 134 Å². The van der Waals surface area contributed by atoms with Gasteiger partial charge in [0.05, 0.1) is 19.0 Å². The quantitative estimate of drug-likeness (QED) is 0.0646. The van der Waals surface area contributed by atoms with Gasteiger partial charge in [-0.15, -0.1) is 0 Å². The number of nitrogens with zero attached hydrogens (tertiary/aromatic N) is 1. The third-order valence-corrected chi connectivity index (χ3v) is 12.9. The van der Waals surface area contributed by atoms with Gasteiger partial charge >= 0.3 is 0 Å². The smallest absolute Gasteiger partial charge is 0.246 e. The molecule has 11 amide bonds. The third kappa shape index (κ3) is 19.0. The van der Waals surface area contributed by atoms with E-state index in [1.54, 1.807) is 13.8 Å². The van der Waals surface area contributed by atoms with Gasteiger partial charge in [-0.1, -0.05) is 62.6 Å². The van der Waals surface area contributed by atoms with E-state index >= 15 is 0 Å². The number of nitrogens with one attached hydrogen (secondary N) is 7. The predicted molar refractivity (Wildman–Crippen MR) is 241 cm³/mol. The zero-order valence-electron chi connectivity index (χ0n) is 37.5. The first-order valence-electron chi connectivity index (χ1n) is 21.3. The van der Waals surface area contributed by atoms with E-state index in [9.17, 15) is 52.7 Å². The van der Waals surface area contributed by atoms with Gasteiger partial charge in [-0.2, -0.15) is 0 Å². The molecule has 0 radical (unpaired) electrons. The van der Waals surface area contributed by atoms with Crippen molar-refractivity contribution < 1.29 is 52.7 Å². The maximum absolute atomic E-state index is 14.4. The Labute approximate surface area is 385 Å². The number of rotatable bonds is 16. The highest BCUT2D eigenvalue weighted by molar-refractivity contribution is 8.76. The Morgan fingerprint density at radius 3 is 1.98 bits per heavy atom. The molecule has 2 aliphatic heterocycles. The van der Waals surface area contributed by atoms with Crippen LogP contribution in [0, 0.1) is 11.3 Å². The van der Waals surface area contributed by atoms with Gasteiger partial charge in [-0.05, 0) is 50.0 Å². The molecular weight excluding hydrogens is 891 g/mol. The maximum atomic E-state index is 14.4. The number of hydrogen-bond acceptors (Lipinski definition) is 15. The summed E-state index contributed by atoms with van der Waals surface area (Å²) in [5, 5.41) is 17.7. The van der Waals surface area contributed by atoms with Crippen LogP contribution in [0.5, 0.6) is 0 Å². The van der Waals surface area contributed by atoms with Gasteiger partial charge in [0, 0.05) is 24.5 Å². The minimum absolute atomic E-state index is 0.0212. The maximum Gasteiger partial charge on any atom is 0.246 e. The molecule has 2 rings (SSSR count). The fraction of sp³-hybridized carbons (Fsp3) is 0.718. The van der Waals surface area contributed by atoms with E-state index in [1.165, 1.54) is 4.90 Å². The number of carbonyl (C=O) groups is 11. The first kappa shape index (κ1) is 55.9. The van der Waals surface area contributed by atoms with Gasteiger partial charge in [-0.3, -0.25) is 52.7 Å². The fourth-order valence-electron chi connectivity index (χ4n) is 6.82. The van der Waals surface area contributed by atoms with E-state index in [2.05, 4.69) is 37.2 Å². The van der Waals surface area contributed by atoms with Crippen LogP contribution in [0.1, 0.15) is 86.0 Å². The molecule has 2 saturated heterocycles. The second-order valence-electron chi connectivity index (χ2n) is 17.2. The molecule has 0 aromatic carbocycles. The van der Waals surface area contributed by atoms with Crippen LogP contribution in [0.4, 0.5) is 0 Å². The minimum atomic E-state index is -1.74. The summed E-state index contributed by atoms with van der Waals surface area (Å²) in [5.41, 5.74) is 27.4. The molecule has 26 heteroatoms. The van der Waals surface area contributed by atoms with E-state index in [0.29, 0.717) is 12.8 Å². The van der Waals surface area contributed by atoms with E-state index < -0.39 is 144 Å². The molecule has 0 aromatic rings. The minimum Gasteiger partial charge on any atom is -0.370 e. The number of primary amides is 3. The summed E-state index contributed by atoms with van der Waals surface area (Å²) in [5.74, 6) is -10.0. The lowest BCUT2D eigenvalue weighted by Crippen LogP contribution is -2.61. The Kier molecular flexibility index (Phi) is 23.0. The molecule has 2 aliphatic rings. The second-order valence-corrected chi connectivity index (χ2v) is 19.8. The number of hydrogen-bond donors (Lipinski definition) is 12. The second kappa shape index (κ2) is 26.7. The summed E-state index contributed by atoms with van der Waals surface area (Å²) in [4.78, 5) is 147. The molecule has 0 spiro atoms. The summed E-state index contributed by atoms with van der Waals surface area (Å²) in [6.07, 6.45) is -0.569. The van der Waals surface area contributed by atoms with Gasteiger partial charge in [0.25, 0.3) is 0 Å². The first-order valence-corrected chi connectivity index (χ1v) is 23.8. The molecule has 65 heavy (non-hydrogen) atoms. The highest BCUT2D eigenvalue weighted by Gasteiger charge is 2.41. The van der Waals surface area contributed by atoms with Gasteiger partial charge in [0.15, 0.2) is 0 Å². The van der Waals surface area contributed by atoms with E-state index in [-0.39, 0.29) is 50.3 Å². The van der Waals surface area contributed by atoms with Crippen molar-refractivity contribution in [2.75, 3.05) is 31.1 Å². The van der Waals surface area contributed by atoms with Crippen molar-refractivity contribution >= 4 is 86.6 Å². The van der Waals surface area contributed by atoms with Gasteiger partial charge in [-0.25, -0.2) is 0 Å². The number of nitrogens with two attached hydrogens (primary N) is 5. The van der Waals surface area contributed by atoms with Crippen molar-refractivity contribution in [3.63, 3.8) is 0 Å². The molecule has 366 valence electrons. The van der Waals surface area contributed by atoms with Gasteiger partial charge < -0.3 is 70.8 Å². The molecule has 0 unspecified atom stereocenters. The lowest BCUT2D eigenvalue weighted by atomic mass is 9.87. The van der Waals surface area contributed by atoms with Crippen LogP contribution in [0.2, 0.25) is 0 Å². The Balaban J connectivity index is 2.61. The lowest BCUT2D eigenvalue weighted by Gasteiger charge is -2.32. The summed E-state index contributed by atoms with van der Waals surface area (Å²) < 4.78 is 0. The van der Waals surface area contributed by atoms with Crippen LogP contribution in [0.25, 0.3) is 0 Å². The van der Waals surface area contributed by atoms with Crippen LogP contribution in [0.3, 0.4) is 0 Å². The number of carbonyl (C=O) groups excluding carboxylic acids is 11. The van der Waals surface area contributed by atoms with Crippen LogP contribution >= 0.6 is 21.6 Å². The number of amides is 11. The molecule has 24 nitrogen and oxygen atoms in total. The van der Waals surface area contributed by atoms with E-state index in [1.807, 2.05) is 20.8 Å². The van der Waals surface area contributed by atoms with Crippen molar-refractivity contribution in [2.24, 2.45) is 40.0 Å². The molecular formula is C39H67N13O11S2. The SMILES string of the molecule is CC[C@H](C)[C@@H]1NC(=O)[C@H](CC(C)(C)C)NC(=O)[C@@H](N)CSSC[C@@H](C(=O)N2CCC[C@H]2C(=O)N[C@@H](CCN)C(=O)NCC(N)=O)NC(=O)[C@H](CC(N)=O)NC(=O)[C@H](CCC(N)=O)NC1=O. The lowest BCUT2D eigenvalue weighted by molar-refractivity contribution is -0.142. The van der Waals surface area contributed by atoms with Gasteiger partial charge in [0.2, 0.25) is 65.0 Å². The third-order valence-electron chi connectivity index (χ3n) is 10.5. The Bertz CT molecular complexity index is 1770. The highest BCUT2D eigenvalue weighted by Crippen LogP contribution is 2.26. The number of likely N-dealkylation sites (tertiary alicyclic amines) is 1. The normalized spacial score (nSPS) is 25.3. The van der Waals surface area contributed by atoms with E-state index in [0.717, 1.165) is 21.6 Å². The summed E-state index contributed by atoms with van der Waals surface area (Å²) in [7, 11) is 2.09. The molecule has 9 atom stereocenters. The highest BCUT2D eigenvalue weighted by atomic mass is 33.1. The molecule has 17 N–H and O–H groups in total. The zero-order chi connectivity index (χ0) is 49.2. The van der Waals surface area contributed by atoms with Crippen LogP contribution in [-0.2, 0) is 52.7 Å². The van der Waals surface area contributed by atoms with E-state index in [4.69, 9.17) is 28.7 Å². The summed E-state index contributed by atoms with van der Waals surface area (Å²) in [6, 6.07) is -10.6. The summed E-state index contributed by atoms with van der Waals surface area (Å²) >= 11 is 0. The first-order chi connectivity index (χ1) is 30.4. The monoisotopic (exact) mass is 957 g/mol. The molecule has 0 aromatic heterocycles.